The summed E-state index contributed by atoms with van der Waals surface area (Å²) < 4.78 is 22.3. The third kappa shape index (κ3) is 11.8. The van der Waals surface area contributed by atoms with Crippen molar-refractivity contribution in [2.45, 2.75) is 66.1 Å². The average molecular weight is 798 g/mol. The first kappa shape index (κ1) is 41.9. The lowest BCUT2D eigenvalue weighted by Gasteiger charge is -2.13. The maximum absolute atomic E-state index is 12.1. The van der Waals surface area contributed by atoms with Crippen LogP contribution in [0.4, 0.5) is 0 Å². The molecule has 0 radical (unpaired) electrons. The lowest BCUT2D eigenvalue weighted by molar-refractivity contribution is -0.144. The monoisotopic (exact) mass is 795 g/mol. The molecule has 0 bridgehead atoms. The van der Waals surface area contributed by atoms with E-state index in [2.05, 4.69) is 10.1 Å². The summed E-state index contributed by atoms with van der Waals surface area (Å²) in [6.07, 6.45) is 0.687. The Morgan fingerprint density at radius 1 is 0.885 bits per heavy atom. The Balaban J connectivity index is 0.000000217. The van der Waals surface area contributed by atoms with Crippen LogP contribution in [-0.2, 0) is 15.0 Å². The number of nitrogens with zero attached hydrogens (tertiary/aromatic N) is 3. The third-order valence-electron chi connectivity index (χ3n) is 6.60. The number of pyridine rings is 1. The number of benzene rings is 3. The van der Waals surface area contributed by atoms with Crippen LogP contribution in [0.1, 0.15) is 53.0 Å². The van der Waals surface area contributed by atoms with E-state index in [1.807, 2.05) is 41.5 Å². The number of ether oxygens (including phenoxy) is 3. The highest BCUT2D eigenvalue weighted by Crippen LogP contribution is 2.34. The first-order valence-electron chi connectivity index (χ1n) is 15.6. The van der Waals surface area contributed by atoms with Gasteiger partial charge in [-0.15, -0.1) is 5.10 Å². The van der Waals surface area contributed by atoms with Crippen molar-refractivity contribution in [2.75, 3.05) is 6.61 Å². The van der Waals surface area contributed by atoms with Gasteiger partial charge < -0.3 is 28.8 Å². The molecule has 52 heavy (non-hydrogen) atoms. The SMILES string of the molecule is CC(C)Oc1cc(-n2nc(C(C)(C)C)oc2=O)c(Cl)cc1Cl.Cc1cc(Cl)ccc1OC(C)C(=O)O.O=C(O)COc1ccc(Cl)c2cccnc12. The molecule has 0 aliphatic heterocycles. The van der Waals surface area contributed by atoms with Gasteiger partial charge in [0.25, 0.3) is 0 Å². The number of halogens is 4. The molecule has 0 aliphatic carbocycles. The van der Waals surface area contributed by atoms with E-state index in [0.29, 0.717) is 49.4 Å². The highest BCUT2D eigenvalue weighted by atomic mass is 35.5. The Labute approximate surface area is 319 Å². The van der Waals surface area contributed by atoms with Crippen LogP contribution in [0, 0.1) is 6.92 Å². The molecule has 3 aromatic carbocycles. The Kier molecular flexibility index (Phi) is 14.8. The fourth-order valence-electron chi connectivity index (χ4n) is 4.11. The average Bonchev–Trinajstić information content (AvgIpc) is 3.45. The first-order valence-corrected chi connectivity index (χ1v) is 17.1. The van der Waals surface area contributed by atoms with E-state index < -0.39 is 30.4 Å². The predicted octanol–water partition coefficient (Wildman–Crippen LogP) is 9.07. The summed E-state index contributed by atoms with van der Waals surface area (Å²) in [4.78, 5) is 37.1. The zero-order chi connectivity index (χ0) is 38.9. The highest BCUT2D eigenvalue weighted by Gasteiger charge is 2.24. The Hall–Kier alpha value is -4.49. The van der Waals surface area contributed by atoms with Crippen molar-refractivity contribution >= 4 is 69.2 Å². The lowest BCUT2D eigenvalue weighted by atomic mass is 9.97. The molecule has 0 amide bonds. The molecule has 278 valence electrons. The third-order valence-corrected chi connectivity index (χ3v) is 7.76. The fraction of sp³-hybridized carbons (Fsp3) is 0.306. The summed E-state index contributed by atoms with van der Waals surface area (Å²) >= 11 is 24.0. The van der Waals surface area contributed by atoms with Gasteiger partial charge in [0, 0.05) is 28.1 Å². The van der Waals surface area contributed by atoms with Gasteiger partial charge in [0.15, 0.2) is 12.7 Å². The van der Waals surface area contributed by atoms with Gasteiger partial charge in [-0.25, -0.2) is 14.4 Å². The highest BCUT2D eigenvalue weighted by molar-refractivity contribution is 6.36. The van der Waals surface area contributed by atoms with E-state index in [-0.39, 0.29) is 16.5 Å². The molecule has 0 aliphatic rings. The van der Waals surface area contributed by atoms with Gasteiger partial charge in [0.1, 0.15) is 22.8 Å². The summed E-state index contributed by atoms with van der Waals surface area (Å²) in [5, 5.41) is 24.0. The second-order valence-electron chi connectivity index (χ2n) is 12.4. The molecule has 2 aromatic heterocycles. The fourth-order valence-corrected chi connectivity index (χ4v) is 5.06. The van der Waals surface area contributed by atoms with Crippen LogP contribution in [0.2, 0.25) is 20.1 Å². The van der Waals surface area contributed by atoms with E-state index in [4.69, 9.17) is 75.2 Å². The molecular formula is C36H37Cl4N3O9. The van der Waals surface area contributed by atoms with Crippen LogP contribution in [0.5, 0.6) is 17.2 Å². The number of carboxylic acid groups (broad SMARTS) is 2. The number of aliphatic carboxylic acids is 2. The van der Waals surface area contributed by atoms with Gasteiger partial charge in [0.2, 0.25) is 5.89 Å². The van der Waals surface area contributed by atoms with Crippen LogP contribution in [0.3, 0.4) is 0 Å². The van der Waals surface area contributed by atoms with Crippen LogP contribution < -0.4 is 20.0 Å². The molecular weight excluding hydrogens is 760 g/mol. The Morgan fingerprint density at radius 2 is 1.56 bits per heavy atom. The number of aromatic nitrogens is 3. The summed E-state index contributed by atoms with van der Waals surface area (Å²) in [5.41, 5.74) is 1.37. The smallest absolute Gasteiger partial charge is 0.442 e. The molecule has 5 rings (SSSR count). The molecule has 0 saturated heterocycles. The number of carbonyl (C=O) groups is 2. The molecule has 2 N–H and O–H groups in total. The van der Waals surface area contributed by atoms with E-state index >= 15 is 0 Å². The normalized spacial score (nSPS) is 11.5. The number of carboxylic acids is 2. The Morgan fingerprint density at radius 3 is 2.13 bits per heavy atom. The summed E-state index contributed by atoms with van der Waals surface area (Å²) in [6, 6.07) is 15.0. The van der Waals surface area contributed by atoms with E-state index in [1.165, 1.54) is 13.0 Å². The second kappa shape index (κ2) is 18.3. The molecule has 12 nitrogen and oxygen atoms in total. The molecule has 16 heteroatoms. The van der Waals surface area contributed by atoms with Crippen LogP contribution >= 0.6 is 46.4 Å². The number of hydrogen-bond donors (Lipinski definition) is 2. The minimum absolute atomic E-state index is 0.0642. The molecule has 0 spiro atoms. The number of aryl methyl sites for hydroxylation is 1. The topological polar surface area (TPSA) is 163 Å². The molecule has 0 fully saturated rings. The quantitative estimate of drug-likeness (QED) is 0.146. The summed E-state index contributed by atoms with van der Waals surface area (Å²) in [7, 11) is 0. The lowest BCUT2D eigenvalue weighted by Crippen LogP contribution is -2.23. The van der Waals surface area contributed by atoms with Crippen LogP contribution in [0.15, 0.2) is 70.0 Å². The summed E-state index contributed by atoms with van der Waals surface area (Å²) in [6.45, 7) is 12.4. The van der Waals surface area contributed by atoms with E-state index in [1.54, 1.807) is 54.7 Å². The van der Waals surface area contributed by atoms with Crippen LogP contribution in [0.25, 0.3) is 16.6 Å². The van der Waals surface area contributed by atoms with Gasteiger partial charge in [-0.05, 0) is 81.8 Å². The minimum Gasteiger partial charge on any atom is -0.489 e. The van der Waals surface area contributed by atoms with Gasteiger partial charge in [-0.1, -0.05) is 67.2 Å². The van der Waals surface area contributed by atoms with Crippen molar-refractivity contribution in [3.8, 4) is 22.9 Å². The van der Waals surface area contributed by atoms with Crippen molar-refractivity contribution in [2.24, 2.45) is 0 Å². The van der Waals surface area contributed by atoms with Crippen molar-refractivity contribution in [3.63, 3.8) is 0 Å². The largest absolute Gasteiger partial charge is 0.489 e. The number of rotatable bonds is 9. The maximum atomic E-state index is 12.1. The van der Waals surface area contributed by atoms with Gasteiger partial charge in [-0.2, -0.15) is 4.68 Å². The summed E-state index contributed by atoms with van der Waals surface area (Å²) in [5.74, 6) is -0.896. The van der Waals surface area contributed by atoms with E-state index in [0.717, 1.165) is 15.6 Å². The van der Waals surface area contributed by atoms with Gasteiger partial charge in [-0.3, -0.25) is 4.98 Å². The first-order chi connectivity index (χ1) is 24.3. The number of hydrogen-bond acceptors (Lipinski definition) is 9. The van der Waals surface area contributed by atoms with Crippen molar-refractivity contribution in [1.29, 1.82) is 0 Å². The number of fused-ring (bicyclic) bond motifs is 1. The molecule has 2 heterocycles. The Bertz CT molecular complexity index is 2090. The predicted molar refractivity (Wildman–Crippen MR) is 200 cm³/mol. The molecule has 0 saturated carbocycles. The van der Waals surface area contributed by atoms with Crippen LogP contribution in [-0.4, -0.2) is 55.7 Å². The zero-order valence-electron chi connectivity index (χ0n) is 29.2. The molecule has 1 unspecified atom stereocenters. The molecule has 5 aromatic rings. The minimum atomic E-state index is -1.03. The van der Waals surface area contributed by atoms with Gasteiger partial charge in [0.05, 0.1) is 26.9 Å². The van der Waals surface area contributed by atoms with Gasteiger partial charge >= 0.3 is 17.7 Å². The maximum Gasteiger partial charge on any atom is 0.442 e. The standard InChI is InChI=1S/C15H18Cl2N2O3.C11H8ClNO3.C10H11ClO3/c1-8(2)21-12-7-11(9(16)6-10(12)17)19-14(20)22-13(18-19)15(3,4)5;12-8-3-4-9(16-6-10(14)15)11-7(8)2-1-5-13-11;1-6-5-8(11)3-4-9(6)14-7(2)10(12)13/h6-8H,1-5H3;1-5H,6H2,(H,14,15);3-5,7H,1-2H3,(H,12,13). The zero-order valence-corrected chi connectivity index (χ0v) is 32.3. The van der Waals surface area contributed by atoms with Crippen molar-refractivity contribution in [3.05, 3.63) is 103 Å². The van der Waals surface area contributed by atoms with E-state index in [9.17, 15) is 14.4 Å². The van der Waals surface area contributed by atoms with Crippen molar-refractivity contribution < 1.29 is 38.4 Å². The van der Waals surface area contributed by atoms with Crippen molar-refractivity contribution in [1.82, 2.24) is 14.8 Å². The second-order valence-corrected chi connectivity index (χ2v) is 14.0. The molecule has 1 atom stereocenters.